The number of rotatable bonds is 6. The maximum atomic E-state index is 10.8. The smallest absolute Gasteiger partial charge is 0.293 e. The third-order valence-corrected chi connectivity index (χ3v) is 3.75. The van der Waals surface area contributed by atoms with Crippen LogP contribution < -0.4 is 0 Å². The van der Waals surface area contributed by atoms with E-state index in [4.69, 9.17) is 11.6 Å². The largest absolute Gasteiger partial charge is 0.468 e. The van der Waals surface area contributed by atoms with Gasteiger partial charge >= 0.3 is 0 Å². The number of hydrogen-bond acceptors (Lipinski definition) is 3. The second-order valence-electron chi connectivity index (χ2n) is 5.11. The van der Waals surface area contributed by atoms with E-state index in [0.29, 0.717) is 30.9 Å². The summed E-state index contributed by atoms with van der Waals surface area (Å²) in [6.45, 7) is 4.66. The van der Waals surface area contributed by atoms with Gasteiger partial charge in [0.15, 0.2) is 0 Å². The van der Waals surface area contributed by atoms with Crippen molar-refractivity contribution in [3.63, 3.8) is 0 Å². The van der Waals surface area contributed by atoms with Gasteiger partial charge in [-0.15, -0.1) is 0 Å². The van der Waals surface area contributed by atoms with E-state index >= 15 is 0 Å². The summed E-state index contributed by atoms with van der Waals surface area (Å²) in [5, 5.41) is 11.5. The first-order valence-corrected chi connectivity index (χ1v) is 8.01. The normalized spacial score (nSPS) is 12.5. The maximum Gasteiger partial charge on any atom is 0.293 e. The lowest BCUT2D eigenvalue weighted by molar-refractivity contribution is -0.128. The van der Waals surface area contributed by atoms with E-state index in [9.17, 15) is 9.90 Å². The third-order valence-electron chi connectivity index (χ3n) is 3.52. The highest BCUT2D eigenvalue weighted by atomic mass is 35.5. The summed E-state index contributed by atoms with van der Waals surface area (Å²) in [6, 6.07) is 17.5. The number of ether oxygens (including phenoxy) is 1. The van der Waals surface area contributed by atoms with Gasteiger partial charge in [-0.2, -0.15) is 0 Å². The number of halogens is 1. The number of hydrogen-bond donors (Lipinski definition) is 1. The van der Waals surface area contributed by atoms with Crippen LogP contribution in [0.3, 0.4) is 0 Å². The number of aliphatic hydroxyl groups is 1. The highest BCUT2D eigenvalue weighted by Gasteiger charge is 2.27. The molecule has 1 unspecified atom stereocenters. The van der Waals surface area contributed by atoms with Crippen LogP contribution >= 0.6 is 11.6 Å². The zero-order chi connectivity index (χ0) is 17.1. The van der Waals surface area contributed by atoms with Gasteiger partial charge < -0.3 is 9.84 Å². The van der Waals surface area contributed by atoms with Crippen molar-refractivity contribution in [1.29, 1.82) is 0 Å². The van der Waals surface area contributed by atoms with Crippen molar-refractivity contribution in [3.05, 3.63) is 70.7 Å². The van der Waals surface area contributed by atoms with Crippen molar-refractivity contribution >= 4 is 18.1 Å². The Morgan fingerprint density at radius 2 is 1.83 bits per heavy atom. The molecule has 2 aromatic rings. The minimum atomic E-state index is -0.827. The van der Waals surface area contributed by atoms with E-state index in [1.807, 2.05) is 61.5 Å². The van der Waals surface area contributed by atoms with Gasteiger partial charge in [-0.25, -0.2) is 0 Å². The molecule has 0 saturated carbocycles. The van der Waals surface area contributed by atoms with Crippen LogP contribution in [0.2, 0.25) is 5.02 Å². The predicted octanol–water partition coefficient (Wildman–Crippen LogP) is 4.36. The third kappa shape index (κ3) is 6.43. The minimum Gasteiger partial charge on any atom is -0.468 e. The highest BCUT2D eigenvalue weighted by molar-refractivity contribution is 6.30. The van der Waals surface area contributed by atoms with Gasteiger partial charge in [0.05, 0.1) is 12.2 Å². The highest BCUT2D eigenvalue weighted by Crippen LogP contribution is 2.29. The SMILES string of the molecule is CCC(O)(Cc1cccc(Cl)c1)c1ccccc1.CCOC=O. The Hall–Kier alpha value is -1.84. The fourth-order valence-electron chi connectivity index (χ4n) is 2.23. The molecule has 0 spiro atoms. The molecule has 1 N–H and O–H groups in total. The fraction of sp³-hybridized carbons (Fsp3) is 0.316. The van der Waals surface area contributed by atoms with Gasteiger partial charge in [-0.3, -0.25) is 4.79 Å². The van der Waals surface area contributed by atoms with E-state index in [1.54, 1.807) is 6.92 Å². The Kier molecular flexibility index (Phi) is 8.38. The quantitative estimate of drug-likeness (QED) is 0.798. The summed E-state index contributed by atoms with van der Waals surface area (Å²) in [4.78, 5) is 9.18. The second kappa shape index (κ2) is 10.0. The molecule has 0 aliphatic rings. The Bertz CT molecular complexity index is 586. The summed E-state index contributed by atoms with van der Waals surface area (Å²) in [6.07, 6.45) is 1.25. The van der Waals surface area contributed by atoms with Gasteiger partial charge in [0.1, 0.15) is 0 Å². The van der Waals surface area contributed by atoms with E-state index in [1.165, 1.54) is 0 Å². The van der Waals surface area contributed by atoms with Crippen molar-refractivity contribution in [2.45, 2.75) is 32.3 Å². The minimum absolute atomic E-state index is 0.431. The molecule has 23 heavy (non-hydrogen) atoms. The van der Waals surface area contributed by atoms with Crippen LogP contribution in [0.1, 0.15) is 31.4 Å². The molecule has 0 amide bonds. The number of carbonyl (C=O) groups excluding carboxylic acids is 1. The molecule has 0 fully saturated rings. The van der Waals surface area contributed by atoms with Crippen LogP contribution in [-0.2, 0) is 21.6 Å². The zero-order valence-corrected chi connectivity index (χ0v) is 14.3. The molecule has 4 heteroatoms. The lowest BCUT2D eigenvalue weighted by Gasteiger charge is -2.27. The monoisotopic (exact) mass is 334 g/mol. The average molecular weight is 335 g/mol. The van der Waals surface area contributed by atoms with Gasteiger partial charge in [0, 0.05) is 11.4 Å². The van der Waals surface area contributed by atoms with Crippen LogP contribution in [0.15, 0.2) is 54.6 Å². The Morgan fingerprint density at radius 1 is 1.13 bits per heavy atom. The molecule has 2 aromatic carbocycles. The Balaban J connectivity index is 0.000000463. The van der Waals surface area contributed by atoms with Crippen LogP contribution in [-0.4, -0.2) is 18.2 Å². The van der Waals surface area contributed by atoms with Gasteiger partial charge in [0.2, 0.25) is 0 Å². The molecule has 2 rings (SSSR count). The predicted molar refractivity (Wildman–Crippen MR) is 93.5 cm³/mol. The molecule has 124 valence electrons. The molecule has 0 radical (unpaired) electrons. The first-order valence-electron chi connectivity index (χ1n) is 7.63. The maximum absolute atomic E-state index is 10.8. The molecule has 0 aliphatic heterocycles. The van der Waals surface area contributed by atoms with Crippen molar-refractivity contribution in [2.75, 3.05) is 6.61 Å². The molecular weight excluding hydrogens is 312 g/mol. The number of carbonyl (C=O) groups is 1. The van der Waals surface area contributed by atoms with E-state index in [0.717, 1.165) is 11.1 Å². The molecule has 0 heterocycles. The summed E-state index contributed by atoms with van der Waals surface area (Å²) in [7, 11) is 0. The zero-order valence-electron chi connectivity index (χ0n) is 13.5. The first kappa shape index (κ1) is 19.2. The van der Waals surface area contributed by atoms with Crippen LogP contribution in [0.5, 0.6) is 0 Å². The molecule has 3 nitrogen and oxygen atoms in total. The number of benzene rings is 2. The molecule has 0 bridgehead atoms. The molecule has 1 atom stereocenters. The Morgan fingerprint density at radius 3 is 2.30 bits per heavy atom. The molecule has 0 saturated heterocycles. The van der Waals surface area contributed by atoms with E-state index < -0.39 is 5.60 Å². The first-order chi connectivity index (χ1) is 11.1. The summed E-state index contributed by atoms with van der Waals surface area (Å²) < 4.78 is 4.15. The summed E-state index contributed by atoms with van der Waals surface area (Å²) in [5.74, 6) is 0. The van der Waals surface area contributed by atoms with Crippen LogP contribution in [0.4, 0.5) is 0 Å². The van der Waals surface area contributed by atoms with Crippen molar-refractivity contribution in [3.8, 4) is 0 Å². The topological polar surface area (TPSA) is 46.5 Å². The lowest BCUT2D eigenvalue weighted by atomic mass is 9.85. The molecule has 0 aromatic heterocycles. The van der Waals surface area contributed by atoms with E-state index in [-0.39, 0.29) is 0 Å². The van der Waals surface area contributed by atoms with E-state index in [2.05, 4.69) is 4.74 Å². The van der Waals surface area contributed by atoms with Crippen LogP contribution in [0, 0.1) is 0 Å². The van der Waals surface area contributed by atoms with Crippen LogP contribution in [0.25, 0.3) is 0 Å². The standard InChI is InChI=1S/C16H17ClO.C3H6O2/c1-2-16(18,14-8-4-3-5-9-14)12-13-7-6-10-15(17)11-13;1-2-5-3-4/h3-11,18H,2,12H2,1H3;3H,2H2,1H3. The average Bonchev–Trinajstić information content (AvgIpc) is 2.57. The molecule has 0 aliphatic carbocycles. The van der Waals surface area contributed by atoms with Gasteiger partial charge in [0.25, 0.3) is 6.47 Å². The van der Waals surface area contributed by atoms with Gasteiger partial charge in [-0.1, -0.05) is 61.0 Å². The molecular formula is C19H23ClO3. The Labute approximate surface area is 142 Å². The fourth-order valence-corrected chi connectivity index (χ4v) is 2.45. The van der Waals surface area contributed by atoms with Crippen molar-refractivity contribution < 1.29 is 14.6 Å². The summed E-state index contributed by atoms with van der Waals surface area (Å²) in [5.41, 5.74) is 1.18. The van der Waals surface area contributed by atoms with Gasteiger partial charge in [-0.05, 0) is 36.6 Å². The van der Waals surface area contributed by atoms with Crippen molar-refractivity contribution in [1.82, 2.24) is 0 Å². The summed E-state index contributed by atoms with van der Waals surface area (Å²) >= 11 is 5.98. The second-order valence-corrected chi connectivity index (χ2v) is 5.55. The lowest BCUT2D eigenvalue weighted by Crippen LogP contribution is -2.27. The van der Waals surface area contributed by atoms with Crippen molar-refractivity contribution in [2.24, 2.45) is 0 Å².